The molecule has 1 saturated heterocycles. The first-order chi connectivity index (χ1) is 14.7. The highest BCUT2D eigenvalue weighted by Crippen LogP contribution is 2.41. The van der Waals surface area contributed by atoms with Gasteiger partial charge >= 0.3 is 0 Å². The van der Waals surface area contributed by atoms with Gasteiger partial charge in [0.2, 0.25) is 11.9 Å². The fraction of sp³-hybridized carbons (Fsp3) is 0.667. The molecule has 1 amide bonds. The molecule has 0 aliphatic carbocycles. The van der Waals surface area contributed by atoms with E-state index in [4.69, 9.17) is 9.16 Å². The molecule has 1 aliphatic heterocycles. The average molecular weight is 464 g/mol. The van der Waals surface area contributed by atoms with Crippen LogP contribution in [0.15, 0.2) is 11.1 Å². The number of aromatic nitrogens is 4. The van der Waals surface area contributed by atoms with Crippen LogP contribution in [-0.4, -0.2) is 51.7 Å². The second-order valence-electron chi connectivity index (χ2n) is 10.2. The van der Waals surface area contributed by atoms with E-state index in [0.717, 1.165) is 0 Å². The Hall–Kier alpha value is -2.37. The molecule has 3 atom stereocenters. The Bertz CT molecular complexity index is 1080. The van der Waals surface area contributed by atoms with Gasteiger partial charge in [0.05, 0.1) is 12.4 Å². The lowest BCUT2D eigenvalue weighted by Crippen LogP contribution is -2.47. The van der Waals surface area contributed by atoms with Gasteiger partial charge in [-0.05, 0) is 25.1 Å². The van der Waals surface area contributed by atoms with E-state index in [1.807, 2.05) is 0 Å². The van der Waals surface area contributed by atoms with Crippen molar-refractivity contribution in [2.24, 2.45) is 5.92 Å². The summed E-state index contributed by atoms with van der Waals surface area (Å²) < 4.78 is 14.2. The number of ether oxygens (including phenoxy) is 1. The SMILES string of the molecule is CC(=O)[C@H]1O[C@@H](n2cnc3c(=O)[nH]c(NC(=O)C(C)C)nc32)C[C@H]1O[Si](C)(C)C(C)(C)C. The van der Waals surface area contributed by atoms with Gasteiger partial charge in [0.1, 0.15) is 12.3 Å². The van der Waals surface area contributed by atoms with Crippen LogP contribution in [0.2, 0.25) is 18.1 Å². The molecule has 0 spiro atoms. The maximum Gasteiger partial charge on any atom is 0.280 e. The van der Waals surface area contributed by atoms with E-state index in [1.54, 1.807) is 18.4 Å². The summed E-state index contributed by atoms with van der Waals surface area (Å²) in [5.41, 5.74) is -0.0691. The van der Waals surface area contributed by atoms with Crippen molar-refractivity contribution in [1.29, 1.82) is 0 Å². The molecule has 2 aromatic rings. The first kappa shape index (κ1) is 24.3. The van der Waals surface area contributed by atoms with Crippen molar-refractivity contribution in [1.82, 2.24) is 19.5 Å². The Balaban J connectivity index is 1.94. The fourth-order valence-corrected chi connectivity index (χ4v) is 4.62. The summed E-state index contributed by atoms with van der Waals surface area (Å²) in [6.07, 6.45) is 0.195. The predicted octanol–water partition coefficient (Wildman–Crippen LogP) is 2.98. The minimum Gasteiger partial charge on any atom is -0.411 e. The van der Waals surface area contributed by atoms with E-state index in [2.05, 4.69) is 54.1 Å². The minimum absolute atomic E-state index is 0.0213. The van der Waals surface area contributed by atoms with E-state index < -0.39 is 32.3 Å². The van der Waals surface area contributed by atoms with Crippen LogP contribution in [-0.2, 0) is 18.8 Å². The number of rotatable bonds is 6. The molecule has 3 rings (SSSR count). The van der Waals surface area contributed by atoms with Crippen molar-refractivity contribution in [3.8, 4) is 0 Å². The van der Waals surface area contributed by atoms with Crippen molar-refractivity contribution < 1.29 is 18.8 Å². The van der Waals surface area contributed by atoms with Gasteiger partial charge in [-0.2, -0.15) is 4.98 Å². The van der Waals surface area contributed by atoms with Crippen LogP contribution in [0.5, 0.6) is 0 Å². The molecule has 0 aromatic carbocycles. The number of ketones is 1. The molecule has 1 aliphatic rings. The summed E-state index contributed by atoms with van der Waals surface area (Å²) in [4.78, 5) is 47.9. The van der Waals surface area contributed by atoms with Crippen LogP contribution in [0.25, 0.3) is 11.2 Å². The minimum atomic E-state index is -2.15. The molecule has 1 fully saturated rings. The normalized spacial score (nSPS) is 22.0. The number of imidazole rings is 1. The highest BCUT2D eigenvalue weighted by Gasteiger charge is 2.46. The monoisotopic (exact) mass is 463 g/mol. The van der Waals surface area contributed by atoms with Gasteiger partial charge in [-0.1, -0.05) is 34.6 Å². The van der Waals surface area contributed by atoms with Crippen molar-refractivity contribution in [2.75, 3.05) is 5.32 Å². The molecule has 176 valence electrons. The number of hydrogen-bond donors (Lipinski definition) is 2. The van der Waals surface area contributed by atoms with Gasteiger partial charge in [0.25, 0.3) is 5.56 Å². The molecule has 0 radical (unpaired) electrons. The molecule has 2 aromatic heterocycles. The first-order valence-electron chi connectivity index (χ1n) is 10.8. The Morgan fingerprint density at radius 1 is 1.34 bits per heavy atom. The van der Waals surface area contributed by atoms with Crippen LogP contribution in [0.1, 0.15) is 54.2 Å². The van der Waals surface area contributed by atoms with Gasteiger partial charge in [-0.15, -0.1) is 0 Å². The summed E-state index contributed by atoms with van der Waals surface area (Å²) in [6.45, 7) is 15.7. The number of Topliss-reactive ketones (excluding diaryl/α,β-unsaturated/α-hetero) is 1. The maximum atomic E-state index is 12.5. The van der Waals surface area contributed by atoms with Crippen molar-refractivity contribution in [2.45, 2.75) is 84.5 Å². The molecule has 11 heteroatoms. The molecule has 0 unspecified atom stereocenters. The van der Waals surface area contributed by atoms with E-state index in [0.29, 0.717) is 6.42 Å². The second kappa shape index (κ2) is 8.52. The molecular formula is C21H33N5O5Si. The summed E-state index contributed by atoms with van der Waals surface area (Å²) in [5.74, 6) is -0.617. The molecule has 0 saturated carbocycles. The summed E-state index contributed by atoms with van der Waals surface area (Å²) >= 11 is 0. The van der Waals surface area contributed by atoms with Gasteiger partial charge in [-0.3, -0.25) is 29.3 Å². The first-order valence-corrected chi connectivity index (χ1v) is 13.7. The topological polar surface area (TPSA) is 128 Å². The van der Waals surface area contributed by atoms with E-state index in [1.165, 1.54) is 13.3 Å². The number of amides is 1. The maximum absolute atomic E-state index is 12.5. The molecule has 0 bridgehead atoms. The number of anilines is 1. The number of carbonyl (C=O) groups excluding carboxylic acids is 2. The molecular weight excluding hydrogens is 430 g/mol. The Morgan fingerprint density at radius 2 is 2.00 bits per heavy atom. The third-order valence-corrected chi connectivity index (χ3v) is 10.7. The van der Waals surface area contributed by atoms with Crippen LogP contribution >= 0.6 is 0 Å². The van der Waals surface area contributed by atoms with Gasteiger partial charge in [-0.25, -0.2) is 4.98 Å². The highest BCUT2D eigenvalue weighted by atomic mass is 28.4. The second-order valence-corrected chi connectivity index (χ2v) is 14.9. The van der Waals surface area contributed by atoms with Crippen molar-refractivity contribution >= 4 is 37.1 Å². The summed E-state index contributed by atoms with van der Waals surface area (Å²) in [5, 5.41) is 2.58. The average Bonchev–Trinajstić information content (AvgIpc) is 3.24. The zero-order valence-electron chi connectivity index (χ0n) is 20.0. The molecule has 32 heavy (non-hydrogen) atoms. The fourth-order valence-electron chi connectivity index (χ4n) is 3.29. The largest absolute Gasteiger partial charge is 0.411 e. The highest BCUT2D eigenvalue weighted by molar-refractivity contribution is 6.74. The van der Waals surface area contributed by atoms with Crippen LogP contribution in [0, 0.1) is 5.92 Å². The lowest BCUT2D eigenvalue weighted by atomic mass is 10.1. The van der Waals surface area contributed by atoms with Crippen LogP contribution < -0.4 is 10.9 Å². The van der Waals surface area contributed by atoms with Crippen LogP contribution in [0.3, 0.4) is 0 Å². The lowest BCUT2D eigenvalue weighted by molar-refractivity contribution is -0.132. The molecule has 10 nitrogen and oxygen atoms in total. The van der Waals surface area contributed by atoms with Gasteiger partial charge in [0.15, 0.2) is 25.3 Å². The zero-order chi connectivity index (χ0) is 24.0. The molecule has 2 N–H and O–H groups in total. The quantitative estimate of drug-likeness (QED) is 0.630. The van der Waals surface area contributed by atoms with E-state index >= 15 is 0 Å². The number of H-pyrrole nitrogens is 1. The third-order valence-electron chi connectivity index (χ3n) is 6.24. The Labute approximate surface area is 188 Å². The van der Waals surface area contributed by atoms with E-state index in [-0.39, 0.29) is 39.8 Å². The smallest absolute Gasteiger partial charge is 0.280 e. The van der Waals surface area contributed by atoms with Gasteiger partial charge < -0.3 is 9.16 Å². The lowest BCUT2D eigenvalue weighted by Gasteiger charge is -2.39. The standard InChI is InChI=1S/C21H33N5O5Si/c1-11(2)18(28)24-20-23-17-15(19(29)25-20)22-10-26(17)14-9-13(16(30-14)12(3)27)31-32(7,8)21(4,5)6/h10-11,13-14,16H,9H2,1-8H3,(H2,23,24,25,28,29)/t13-,14-,16-/m1/s1. The summed E-state index contributed by atoms with van der Waals surface area (Å²) in [7, 11) is -2.15. The number of aromatic amines is 1. The number of carbonyl (C=O) groups is 2. The number of nitrogens with one attached hydrogen (secondary N) is 2. The summed E-state index contributed by atoms with van der Waals surface area (Å²) in [6, 6.07) is 0. The number of fused-ring (bicyclic) bond motifs is 1. The Kier molecular flexibility index (Phi) is 6.47. The van der Waals surface area contributed by atoms with Gasteiger partial charge in [0, 0.05) is 12.3 Å². The number of hydrogen-bond acceptors (Lipinski definition) is 7. The predicted molar refractivity (Wildman–Crippen MR) is 123 cm³/mol. The number of nitrogens with zero attached hydrogens (tertiary/aromatic N) is 3. The third kappa shape index (κ3) is 4.69. The van der Waals surface area contributed by atoms with E-state index in [9.17, 15) is 14.4 Å². The van der Waals surface area contributed by atoms with Crippen LogP contribution in [0.4, 0.5) is 5.95 Å². The van der Waals surface area contributed by atoms with Crippen molar-refractivity contribution in [3.63, 3.8) is 0 Å². The van der Waals surface area contributed by atoms with Crippen molar-refractivity contribution in [3.05, 3.63) is 16.7 Å². The zero-order valence-corrected chi connectivity index (χ0v) is 21.0. The Morgan fingerprint density at radius 3 is 2.56 bits per heavy atom. The molecule has 3 heterocycles.